The minimum atomic E-state index is -3.94. The summed E-state index contributed by atoms with van der Waals surface area (Å²) in [5.74, 6) is -1.16. The molecule has 1 heterocycles. The summed E-state index contributed by atoms with van der Waals surface area (Å²) in [7, 11) is -3.94. The van der Waals surface area contributed by atoms with Gasteiger partial charge in [0, 0.05) is 9.90 Å². The number of anilines is 1. The predicted molar refractivity (Wildman–Crippen MR) is 102 cm³/mol. The molecule has 0 saturated heterocycles. The van der Waals surface area contributed by atoms with Crippen molar-refractivity contribution < 1.29 is 18.3 Å². The first kappa shape index (κ1) is 19.8. The minimum absolute atomic E-state index is 0.0298. The molecule has 2 rings (SSSR count). The Morgan fingerprint density at radius 3 is 2.12 bits per heavy atom. The van der Waals surface area contributed by atoms with Crippen molar-refractivity contribution in [2.45, 2.75) is 44.9 Å². The number of aryl methyl sites for hydroxylation is 2. The maximum atomic E-state index is 12.8. The van der Waals surface area contributed by atoms with Crippen LogP contribution in [0.5, 0.6) is 0 Å². The zero-order valence-corrected chi connectivity index (χ0v) is 17.0. The van der Waals surface area contributed by atoms with E-state index >= 15 is 0 Å². The fraction of sp³-hybridized carbons (Fsp3) is 0.353. The van der Waals surface area contributed by atoms with Crippen LogP contribution in [0, 0.1) is 13.8 Å². The molecule has 136 valence electrons. The Kier molecular flexibility index (Phi) is 5.23. The largest absolute Gasteiger partial charge is 0.477 e. The smallest absolute Gasteiger partial charge is 0.348 e. The van der Waals surface area contributed by atoms with E-state index in [1.54, 1.807) is 32.0 Å². The summed E-state index contributed by atoms with van der Waals surface area (Å²) in [5.41, 5.74) is 0.794. The van der Waals surface area contributed by atoms with E-state index in [2.05, 4.69) is 4.72 Å². The summed E-state index contributed by atoms with van der Waals surface area (Å²) in [5, 5.41) is 9.87. The second-order valence-electron chi connectivity index (χ2n) is 6.88. The lowest BCUT2D eigenvalue weighted by Crippen LogP contribution is -2.17. The molecule has 0 spiro atoms. The van der Waals surface area contributed by atoms with Crippen molar-refractivity contribution in [3.63, 3.8) is 0 Å². The molecule has 0 atom stereocenters. The van der Waals surface area contributed by atoms with Gasteiger partial charge in [-0.25, -0.2) is 13.2 Å². The maximum Gasteiger partial charge on any atom is 0.348 e. The molecule has 0 aliphatic rings. The van der Waals surface area contributed by atoms with Crippen molar-refractivity contribution in [2.24, 2.45) is 0 Å². The third-order valence-electron chi connectivity index (χ3n) is 3.60. The Balaban J connectivity index is 2.56. The number of carboxylic acids is 1. The van der Waals surface area contributed by atoms with Crippen molar-refractivity contribution in [2.75, 3.05) is 4.72 Å². The van der Waals surface area contributed by atoms with Crippen LogP contribution >= 0.6 is 22.9 Å². The van der Waals surface area contributed by atoms with Crippen molar-refractivity contribution in [1.29, 1.82) is 0 Å². The number of carboxylic acid groups (broad SMARTS) is 1. The molecular weight excluding hydrogens is 382 g/mol. The van der Waals surface area contributed by atoms with Gasteiger partial charge in [-0.2, -0.15) is 0 Å². The Bertz CT molecular complexity index is 917. The Morgan fingerprint density at radius 2 is 1.68 bits per heavy atom. The van der Waals surface area contributed by atoms with Gasteiger partial charge in [0.05, 0.1) is 10.6 Å². The Labute approximate surface area is 156 Å². The highest BCUT2D eigenvalue weighted by Crippen LogP contribution is 2.37. The van der Waals surface area contributed by atoms with Crippen LogP contribution in [0.25, 0.3) is 0 Å². The van der Waals surface area contributed by atoms with Gasteiger partial charge in [0.1, 0.15) is 4.88 Å². The van der Waals surface area contributed by atoms with Crippen LogP contribution in [0.2, 0.25) is 5.02 Å². The molecule has 0 bridgehead atoms. The molecule has 0 aliphatic heterocycles. The number of sulfonamides is 1. The van der Waals surface area contributed by atoms with Gasteiger partial charge in [-0.15, -0.1) is 11.3 Å². The van der Waals surface area contributed by atoms with E-state index in [0.717, 1.165) is 16.2 Å². The highest BCUT2D eigenvalue weighted by Gasteiger charge is 2.27. The molecule has 0 radical (unpaired) electrons. The highest BCUT2D eigenvalue weighted by atomic mass is 35.5. The predicted octanol–water partition coefficient (Wildman–Crippen LogP) is 4.81. The summed E-state index contributed by atoms with van der Waals surface area (Å²) in [6.07, 6.45) is 0. The molecule has 0 saturated carbocycles. The molecule has 0 aliphatic carbocycles. The Hall–Kier alpha value is -1.57. The summed E-state index contributed by atoms with van der Waals surface area (Å²) >= 11 is 7.04. The van der Waals surface area contributed by atoms with Gasteiger partial charge in [0.2, 0.25) is 0 Å². The quantitative estimate of drug-likeness (QED) is 0.769. The van der Waals surface area contributed by atoms with Crippen molar-refractivity contribution in [1.82, 2.24) is 0 Å². The van der Waals surface area contributed by atoms with Crippen LogP contribution in [-0.4, -0.2) is 19.5 Å². The maximum absolute atomic E-state index is 12.8. The molecule has 2 N–H and O–H groups in total. The van der Waals surface area contributed by atoms with E-state index < -0.39 is 16.0 Å². The van der Waals surface area contributed by atoms with Gasteiger partial charge >= 0.3 is 5.97 Å². The van der Waals surface area contributed by atoms with Gasteiger partial charge in [-0.1, -0.05) is 32.4 Å². The van der Waals surface area contributed by atoms with E-state index in [-0.39, 0.29) is 20.9 Å². The Morgan fingerprint density at radius 1 is 1.16 bits per heavy atom. The number of aromatic carboxylic acids is 1. The average molecular weight is 402 g/mol. The lowest BCUT2D eigenvalue weighted by atomic mass is 9.95. The summed E-state index contributed by atoms with van der Waals surface area (Å²) in [4.78, 5) is 12.4. The molecule has 0 amide bonds. The number of benzene rings is 1. The fourth-order valence-corrected chi connectivity index (χ4v) is 5.43. The van der Waals surface area contributed by atoms with E-state index in [1.807, 2.05) is 20.8 Å². The second kappa shape index (κ2) is 6.63. The average Bonchev–Trinajstić information content (AvgIpc) is 2.79. The van der Waals surface area contributed by atoms with Gasteiger partial charge < -0.3 is 5.11 Å². The summed E-state index contributed by atoms with van der Waals surface area (Å²) in [6.45, 7) is 9.13. The lowest BCUT2D eigenvalue weighted by molar-refractivity contribution is 0.0703. The normalized spacial score (nSPS) is 12.2. The number of hydrogen-bond acceptors (Lipinski definition) is 4. The van der Waals surface area contributed by atoms with Crippen LogP contribution in [0.3, 0.4) is 0 Å². The standard InChI is InChI=1S/C17H20ClNO4S2/c1-9-6-11(18)7-10(2)15(9)25(22,23)19-12-8-13(17(3,4)5)24-14(12)16(20)21/h6-8,19H,1-5H3,(H,20,21). The van der Waals surface area contributed by atoms with Gasteiger partial charge in [0.15, 0.2) is 0 Å². The number of halogens is 1. The molecule has 1 aromatic heterocycles. The van der Waals surface area contributed by atoms with Gasteiger partial charge in [-0.05, 0) is 48.6 Å². The van der Waals surface area contributed by atoms with Gasteiger partial charge in [-0.3, -0.25) is 4.72 Å². The van der Waals surface area contributed by atoms with Crippen LogP contribution in [0.15, 0.2) is 23.1 Å². The molecule has 5 nitrogen and oxygen atoms in total. The first-order valence-electron chi connectivity index (χ1n) is 7.50. The van der Waals surface area contributed by atoms with E-state index in [0.29, 0.717) is 16.1 Å². The van der Waals surface area contributed by atoms with Crippen molar-refractivity contribution >= 4 is 44.6 Å². The molecule has 2 aromatic rings. The highest BCUT2D eigenvalue weighted by molar-refractivity contribution is 7.92. The first-order valence-corrected chi connectivity index (χ1v) is 10.2. The number of hydrogen-bond donors (Lipinski definition) is 2. The van der Waals surface area contributed by atoms with Crippen molar-refractivity contribution in [3.8, 4) is 0 Å². The zero-order valence-electron chi connectivity index (χ0n) is 14.6. The molecule has 0 fully saturated rings. The molecule has 1 aromatic carbocycles. The van der Waals surface area contributed by atoms with E-state index in [9.17, 15) is 18.3 Å². The number of rotatable bonds is 4. The molecule has 25 heavy (non-hydrogen) atoms. The molecular formula is C17H20ClNO4S2. The SMILES string of the molecule is Cc1cc(Cl)cc(C)c1S(=O)(=O)Nc1cc(C(C)(C)C)sc1C(=O)O. The third-order valence-corrected chi connectivity index (χ3v) is 7.04. The monoisotopic (exact) mass is 401 g/mol. The summed E-state index contributed by atoms with van der Waals surface area (Å²) < 4.78 is 28.1. The molecule has 8 heteroatoms. The van der Waals surface area contributed by atoms with Crippen molar-refractivity contribution in [3.05, 3.63) is 44.1 Å². The second-order valence-corrected chi connectivity index (χ2v) is 9.99. The van der Waals surface area contributed by atoms with E-state index in [4.69, 9.17) is 11.6 Å². The first-order chi connectivity index (χ1) is 11.3. The zero-order chi connectivity index (χ0) is 19.2. The van der Waals surface area contributed by atoms with Crippen LogP contribution in [0.1, 0.15) is 46.4 Å². The number of nitrogens with one attached hydrogen (secondary N) is 1. The van der Waals surface area contributed by atoms with E-state index in [1.165, 1.54) is 0 Å². The molecule has 0 unspecified atom stereocenters. The third kappa shape index (κ3) is 4.16. The number of thiophene rings is 1. The van der Waals surface area contributed by atoms with Gasteiger partial charge in [0.25, 0.3) is 10.0 Å². The fourth-order valence-electron chi connectivity index (χ4n) is 2.51. The number of carbonyl (C=O) groups is 1. The van der Waals surface area contributed by atoms with Crippen LogP contribution in [0.4, 0.5) is 5.69 Å². The lowest BCUT2D eigenvalue weighted by Gasteiger charge is -2.15. The van der Waals surface area contributed by atoms with Crippen LogP contribution in [-0.2, 0) is 15.4 Å². The summed E-state index contributed by atoms with van der Waals surface area (Å²) in [6, 6.07) is 4.72. The van der Waals surface area contributed by atoms with Crippen LogP contribution < -0.4 is 4.72 Å². The topological polar surface area (TPSA) is 83.5 Å². The minimum Gasteiger partial charge on any atom is -0.477 e.